The number of nitrogens with one attached hydrogen (secondary N) is 1. The Morgan fingerprint density at radius 1 is 1.13 bits per heavy atom. The minimum absolute atomic E-state index is 0.0866. The van der Waals surface area contributed by atoms with Crippen LogP contribution in [0, 0.1) is 17.2 Å². The average Bonchev–Trinajstić information content (AvgIpc) is 2.97. The Morgan fingerprint density at radius 2 is 1.87 bits per heavy atom. The lowest BCUT2D eigenvalue weighted by Gasteiger charge is -2.34. The van der Waals surface area contributed by atoms with Gasteiger partial charge in [0.2, 0.25) is 5.91 Å². The van der Waals surface area contributed by atoms with Crippen molar-refractivity contribution >= 4 is 5.91 Å². The van der Waals surface area contributed by atoms with E-state index in [0.29, 0.717) is 24.6 Å². The third kappa shape index (κ3) is 8.23. The predicted molar refractivity (Wildman–Crippen MR) is 122 cm³/mol. The van der Waals surface area contributed by atoms with Gasteiger partial charge in [-0.05, 0) is 43.1 Å². The Labute approximate surface area is 186 Å². The van der Waals surface area contributed by atoms with Gasteiger partial charge in [0.15, 0.2) is 0 Å². The molecule has 7 heteroatoms. The van der Waals surface area contributed by atoms with Crippen LogP contribution in [0.3, 0.4) is 0 Å². The number of benzene rings is 1. The molecule has 0 radical (unpaired) electrons. The molecule has 3 rings (SSSR count). The van der Waals surface area contributed by atoms with E-state index < -0.39 is 0 Å². The highest BCUT2D eigenvalue weighted by Gasteiger charge is 2.22. The van der Waals surface area contributed by atoms with Crippen molar-refractivity contribution < 1.29 is 9.53 Å². The normalized spacial score (nSPS) is 21.5. The van der Waals surface area contributed by atoms with Gasteiger partial charge in [-0.25, -0.2) is 0 Å². The highest BCUT2D eigenvalue weighted by Crippen LogP contribution is 2.11. The molecule has 0 aromatic heterocycles. The van der Waals surface area contributed by atoms with E-state index in [-0.39, 0.29) is 12.0 Å². The fraction of sp³-hybridized carbons (Fsp3) is 0.667. The second-order valence-corrected chi connectivity index (χ2v) is 9.16. The molecule has 0 saturated carbocycles. The maximum atomic E-state index is 12.5. The third-order valence-electron chi connectivity index (χ3n) is 5.91. The van der Waals surface area contributed by atoms with Crippen molar-refractivity contribution in [3.8, 4) is 6.07 Å². The molecule has 1 amide bonds. The first kappa shape index (κ1) is 23.7. The number of rotatable bonds is 8. The van der Waals surface area contributed by atoms with E-state index in [2.05, 4.69) is 39.9 Å². The van der Waals surface area contributed by atoms with E-state index in [1.807, 2.05) is 24.3 Å². The second kappa shape index (κ2) is 12.2. The van der Waals surface area contributed by atoms with Crippen molar-refractivity contribution in [2.75, 3.05) is 65.5 Å². The standard InChI is InChI=1S/C24H37N5O2/c1-20(2)16-29-12-13-31-23(18-29)15-26-24(30)19-28-9-3-8-27(10-11-28)17-22-6-4-21(14-25)5-7-22/h4-7,20,23H,3,8-13,15-19H2,1-2H3,(H,26,30). The SMILES string of the molecule is CC(C)CN1CCOC(CNC(=O)CN2CCCN(Cc3ccc(C#N)cc3)CC2)C1. The summed E-state index contributed by atoms with van der Waals surface area (Å²) in [6, 6.07) is 9.98. The summed E-state index contributed by atoms with van der Waals surface area (Å²) in [6.07, 6.45) is 1.14. The van der Waals surface area contributed by atoms with Crippen molar-refractivity contribution in [1.82, 2.24) is 20.0 Å². The van der Waals surface area contributed by atoms with Crippen LogP contribution in [-0.4, -0.2) is 92.2 Å². The zero-order chi connectivity index (χ0) is 22.1. The van der Waals surface area contributed by atoms with Gasteiger partial charge in [0.25, 0.3) is 0 Å². The van der Waals surface area contributed by atoms with E-state index in [4.69, 9.17) is 10.00 Å². The molecule has 1 atom stereocenters. The van der Waals surface area contributed by atoms with Crippen LogP contribution < -0.4 is 5.32 Å². The highest BCUT2D eigenvalue weighted by molar-refractivity contribution is 5.78. The number of nitriles is 1. The van der Waals surface area contributed by atoms with Crippen LogP contribution >= 0.6 is 0 Å². The number of morpholine rings is 1. The Bertz CT molecular complexity index is 730. The van der Waals surface area contributed by atoms with Gasteiger partial charge in [-0.3, -0.25) is 19.5 Å². The molecule has 0 spiro atoms. The Hall–Kier alpha value is -1.98. The number of carbonyl (C=O) groups is 1. The molecule has 0 aliphatic carbocycles. The van der Waals surface area contributed by atoms with Gasteiger partial charge in [0, 0.05) is 45.8 Å². The van der Waals surface area contributed by atoms with Crippen molar-refractivity contribution in [3.63, 3.8) is 0 Å². The fourth-order valence-corrected chi connectivity index (χ4v) is 4.36. The van der Waals surface area contributed by atoms with Gasteiger partial charge in [0.05, 0.1) is 30.9 Å². The molecule has 7 nitrogen and oxygen atoms in total. The molecule has 2 saturated heterocycles. The molecule has 1 unspecified atom stereocenters. The van der Waals surface area contributed by atoms with Crippen molar-refractivity contribution in [3.05, 3.63) is 35.4 Å². The number of nitrogens with zero attached hydrogens (tertiary/aromatic N) is 4. The van der Waals surface area contributed by atoms with Gasteiger partial charge in [0.1, 0.15) is 0 Å². The quantitative estimate of drug-likeness (QED) is 0.679. The number of hydrogen-bond acceptors (Lipinski definition) is 6. The molecule has 2 aliphatic rings. The minimum atomic E-state index is 0.0866. The molecule has 1 aromatic carbocycles. The first-order valence-corrected chi connectivity index (χ1v) is 11.6. The van der Waals surface area contributed by atoms with Gasteiger partial charge in [-0.1, -0.05) is 26.0 Å². The molecular weight excluding hydrogens is 390 g/mol. The lowest BCUT2D eigenvalue weighted by molar-refractivity contribution is -0.123. The monoisotopic (exact) mass is 427 g/mol. The lowest BCUT2D eigenvalue weighted by atomic mass is 10.1. The van der Waals surface area contributed by atoms with E-state index >= 15 is 0 Å². The van der Waals surface area contributed by atoms with Crippen LogP contribution in [0.5, 0.6) is 0 Å². The summed E-state index contributed by atoms with van der Waals surface area (Å²) in [5.41, 5.74) is 1.92. The van der Waals surface area contributed by atoms with Crippen LogP contribution in [0.15, 0.2) is 24.3 Å². The van der Waals surface area contributed by atoms with E-state index in [9.17, 15) is 4.79 Å². The smallest absolute Gasteiger partial charge is 0.234 e. The number of carbonyl (C=O) groups excluding carboxylic acids is 1. The number of ether oxygens (including phenoxy) is 1. The van der Waals surface area contributed by atoms with Gasteiger partial charge in [-0.15, -0.1) is 0 Å². The molecule has 2 heterocycles. The number of amides is 1. The minimum Gasteiger partial charge on any atom is -0.374 e. The highest BCUT2D eigenvalue weighted by atomic mass is 16.5. The van der Waals surface area contributed by atoms with Crippen LogP contribution in [0.2, 0.25) is 0 Å². The predicted octanol–water partition coefficient (Wildman–Crippen LogP) is 1.54. The topological polar surface area (TPSA) is 71.8 Å². The third-order valence-corrected chi connectivity index (χ3v) is 5.91. The molecule has 1 N–H and O–H groups in total. The summed E-state index contributed by atoms with van der Waals surface area (Å²) >= 11 is 0. The van der Waals surface area contributed by atoms with Crippen molar-refractivity contribution in [1.29, 1.82) is 5.26 Å². The summed E-state index contributed by atoms with van der Waals surface area (Å²) in [5.74, 6) is 0.734. The van der Waals surface area contributed by atoms with Gasteiger partial charge >= 0.3 is 0 Å². The summed E-state index contributed by atoms with van der Waals surface area (Å²) in [4.78, 5) is 19.6. The molecule has 170 valence electrons. The van der Waals surface area contributed by atoms with Gasteiger partial charge < -0.3 is 10.1 Å². The van der Waals surface area contributed by atoms with E-state index in [1.165, 1.54) is 5.56 Å². The Morgan fingerprint density at radius 3 is 2.61 bits per heavy atom. The van der Waals surface area contributed by atoms with E-state index in [1.54, 1.807) is 0 Å². The van der Waals surface area contributed by atoms with Crippen molar-refractivity contribution in [2.45, 2.75) is 32.9 Å². The summed E-state index contributed by atoms with van der Waals surface area (Å²) < 4.78 is 5.84. The van der Waals surface area contributed by atoms with E-state index in [0.717, 1.165) is 65.4 Å². The zero-order valence-electron chi connectivity index (χ0n) is 19.1. The summed E-state index contributed by atoms with van der Waals surface area (Å²) in [5, 5.41) is 12.0. The fourth-order valence-electron chi connectivity index (χ4n) is 4.36. The lowest BCUT2D eigenvalue weighted by Crippen LogP contribution is -2.49. The summed E-state index contributed by atoms with van der Waals surface area (Å²) in [7, 11) is 0. The van der Waals surface area contributed by atoms with Crippen molar-refractivity contribution in [2.24, 2.45) is 5.92 Å². The van der Waals surface area contributed by atoms with Crippen LogP contribution in [-0.2, 0) is 16.1 Å². The number of hydrogen-bond donors (Lipinski definition) is 1. The van der Waals surface area contributed by atoms with Gasteiger partial charge in [-0.2, -0.15) is 5.26 Å². The maximum Gasteiger partial charge on any atom is 0.234 e. The van der Waals surface area contributed by atoms with Crippen LogP contribution in [0.1, 0.15) is 31.4 Å². The molecule has 2 fully saturated rings. The Kier molecular flexibility index (Phi) is 9.29. The molecule has 2 aliphatic heterocycles. The zero-order valence-corrected chi connectivity index (χ0v) is 19.1. The molecular formula is C24H37N5O2. The van der Waals surface area contributed by atoms with Crippen LogP contribution in [0.4, 0.5) is 0 Å². The molecule has 1 aromatic rings. The Balaban J connectivity index is 1.36. The first-order valence-electron chi connectivity index (χ1n) is 11.6. The first-order chi connectivity index (χ1) is 15.0. The maximum absolute atomic E-state index is 12.5. The average molecular weight is 428 g/mol. The molecule has 0 bridgehead atoms. The van der Waals surface area contributed by atoms with Crippen LogP contribution in [0.25, 0.3) is 0 Å². The second-order valence-electron chi connectivity index (χ2n) is 9.16. The largest absolute Gasteiger partial charge is 0.374 e. The summed E-state index contributed by atoms with van der Waals surface area (Å²) in [6.45, 7) is 13.9. The molecule has 31 heavy (non-hydrogen) atoms.